The van der Waals surface area contributed by atoms with Crippen LogP contribution in [0.4, 0.5) is 11.6 Å². The molecule has 2 fully saturated rings. The monoisotopic (exact) mass is 667 g/mol. The highest BCUT2D eigenvalue weighted by Gasteiger charge is 2.32. The fourth-order valence-electron chi connectivity index (χ4n) is 6.68. The molecule has 14 heteroatoms. The first-order valence-electron chi connectivity index (χ1n) is 16.9. The van der Waals surface area contributed by atoms with E-state index in [1.54, 1.807) is 29.3 Å². The minimum Gasteiger partial charge on any atom is -0.487 e. The topological polar surface area (TPSA) is 164 Å². The van der Waals surface area contributed by atoms with Crippen molar-refractivity contribution in [3.05, 3.63) is 60.3 Å². The van der Waals surface area contributed by atoms with Gasteiger partial charge in [-0.3, -0.25) is 19.7 Å². The summed E-state index contributed by atoms with van der Waals surface area (Å²) in [7, 11) is 1.89. The first-order chi connectivity index (χ1) is 23.8. The number of nitriles is 1. The number of aromatic nitrogens is 6. The van der Waals surface area contributed by atoms with E-state index in [2.05, 4.69) is 50.5 Å². The summed E-state index contributed by atoms with van der Waals surface area (Å²) in [6, 6.07) is 10.3. The Hall–Kier alpha value is -5.00. The molecule has 14 nitrogen and oxygen atoms in total. The van der Waals surface area contributed by atoms with Crippen LogP contribution in [0.1, 0.15) is 63.8 Å². The molecule has 0 bridgehead atoms. The second kappa shape index (κ2) is 15.5. The van der Waals surface area contributed by atoms with Gasteiger partial charge in [0.25, 0.3) is 5.88 Å². The number of nitrogens with zero attached hydrogens (tertiary/aromatic N) is 8. The third-order valence-electron chi connectivity index (χ3n) is 9.15. The minimum absolute atomic E-state index is 0.241. The fourth-order valence-corrected chi connectivity index (χ4v) is 6.68. The van der Waals surface area contributed by atoms with E-state index in [0.29, 0.717) is 48.0 Å². The summed E-state index contributed by atoms with van der Waals surface area (Å²) in [6.45, 7) is 8.95. The van der Waals surface area contributed by atoms with Crippen molar-refractivity contribution in [1.29, 1.82) is 10.7 Å². The molecule has 0 radical (unpaired) electrons. The number of hydrogen-bond acceptors (Lipinski definition) is 11. The molecule has 3 aromatic heterocycles. The van der Waals surface area contributed by atoms with E-state index < -0.39 is 0 Å². The minimum atomic E-state index is -0.241. The van der Waals surface area contributed by atoms with Crippen LogP contribution >= 0.6 is 0 Å². The molecule has 6 rings (SSSR count). The van der Waals surface area contributed by atoms with Gasteiger partial charge >= 0.3 is 0 Å². The SMILES string of the molecule is C[C@@H]1CN([C@H]2CC[C@H](n3cc(Nc4ncc(-c5ccc(C#N)c(O[C@@H](C)CNC=N)c5)cn4)c(OCc4ccnn4C)n3)CC2)C[C@H](C)O1. The molecule has 3 atom stereocenters. The van der Waals surface area contributed by atoms with Crippen LogP contribution in [0.3, 0.4) is 0 Å². The van der Waals surface area contributed by atoms with E-state index in [4.69, 9.17) is 24.7 Å². The molecule has 258 valence electrons. The average molecular weight is 668 g/mol. The lowest BCUT2D eigenvalue weighted by Gasteiger charge is -2.42. The lowest BCUT2D eigenvalue weighted by atomic mass is 9.89. The highest BCUT2D eigenvalue weighted by Crippen LogP contribution is 2.36. The van der Waals surface area contributed by atoms with Crippen LogP contribution in [0.15, 0.2) is 49.1 Å². The zero-order chi connectivity index (χ0) is 34.3. The van der Waals surface area contributed by atoms with E-state index in [-0.39, 0.29) is 24.4 Å². The van der Waals surface area contributed by atoms with Gasteiger partial charge < -0.3 is 24.8 Å². The smallest absolute Gasteiger partial charge is 0.257 e. The summed E-state index contributed by atoms with van der Waals surface area (Å²) in [5.74, 6) is 1.35. The van der Waals surface area contributed by atoms with E-state index in [0.717, 1.165) is 61.9 Å². The predicted molar refractivity (Wildman–Crippen MR) is 185 cm³/mol. The molecule has 0 spiro atoms. The standard InChI is InChI=1S/C35H45N11O3/c1-23(15-38-22-37)49-33-13-26(5-6-27(33)14-36)28-16-39-35(40-17-28)42-32-20-46(43-34(32)47-21-31-11-12-41-44(31)4)30-9-7-29(8-10-30)45-18-24(2)48-25(3)19-45/h5-6,11-13,16-17,20,22-25,29-30H,7-10,15,18-19,21H2,1-4H3,(H2,37,38)(H,39,40,42)/t23-,24-,25+,29-,30-/m0/s1. The van der Waals surface area contributed by atoms with Crippen LogP contribution in [0, 0.1) is 16.7 Å². The maximum Gasteiger partial charge on any atom is 0.257 e. The summed E-state index contributed by atoms with van der Waals surface area (Å²) < 4.78 is 22.0. The van der Waals surface area contributed by atoms with Gasteiger partial charge in [0.05, 0.1) is 48.6 Å². The van der Waals surface area contributed by atoms with Gasteiger partial charge in [-0.15, -0.1) is 5.10 Å². The van der Waals surface area contributed by atoms with Crippen LogP contribution in [-0.2, 0) is 18.4 Å². The third-order valence-corrected chi connectivity index (χ3v) is 9.15. The first-order valence-corrected chi connectivity index (χ1v) is 16.9. The summed E-state index contributed by atoms with van der Waals surface area (Å²) in [4.78, 5) is 11.8. The van der Waals surface area contributed by atoms with Crippen LogP contribution < -0.4 is 20.1 Å². The van der Waals surface area contributed by atoms with Crippen LogP contribution in [-0.4, -0.2) is 84.8 Å². The number of morpholine rings is 1. The predicted octanol–water partition coefficient (Wildman–Crippen LogP) is 4.82. The normalized spacial score (nSPS) is 21.8. The Balaban J connectivity index is 1.16. The Labute approximate surface area is 286 Å². The van der Waals surface area contributed by atoms with Gasteiger partial charge in [0.2, 0.25) is 5.95 Å². The van der Waals surface area contributed by atoms with Crippen LogP contribution in [0.2, 0.25) is 0 Å². The third kappa shape index (κ3) is 8.36. The number of ether oxygens (including phenoxy) is 3. The number of rotatable bonds is 13. The van der Waals surface area contributed by atoms with Crippen molar-refractivity contribution in [1.82, 2.24) is 39.7 Å². The van der Waals surface area contributed by atoms with Crippen molar-refractivity contribution in [2.45, 2.75) is 83.5 Å². The Morgan fingerprint density at radius 3 is 2.49 bits per heavy atom. The lowest BCUT2D eigenvalue weighted by Crippen LogP contribution is -2.51. The zero-order valence-electron chi connectivity index (χ0n) is 28.5. The Morgan fingerprint density at radius 2 is 1.82 bits per heavy atom. The van der Waals surface area contributed by atoms with Gasteiger partial charge in [-0.1, -0.05) is 6.07 Å². The van der Waals surface area contributed by atoms with Crippen LogP contribution in [0.25, 0.3) is 11.1 Å². The molecule has 0 unspecified atom stereocenters. The lowest BCUT2D eigenvalue weighted by molar-refractivity contribution is -0.0852. The van der Waals surface area contributed by atoms with Crippen molar-refractivity contribution in [3.63, 3.8) is 0 Å². The molecule has 1 aliphatic heterocycles. The quantitative estimate of drug-likeness (QED) is 0.132. The largest absolute Gasteiger partial charge is 0.487 e. The summed E-state index contributed by atoms with van der Waals surface area (Å²) in [6.07, 6.45) is 12.9. The number of nitrogens with one attached hydrogen (secondary N) is 3. The molecule has 4 heterocycles. The zero-order valence-corrected chi connectivity index (χ0v) is 28.5. The van der Waals surface area contributed by atoms with Crippen molar-refractivity contribution < 1.29 is 14.2 Å². The molecule has 2 aliphatic rings. The van der Waals surface area contributed by atoms with E-state index in [1.165, 1.54) is 0 Å². The highest BCUT2D eigenvalue weighted by molar-refractivity contribution is 5.67. The molecule has 49 heavy (non-hydrogen) atoms. The van der Waals surface area contributed by atoms with Gasteiger partial charge in [-0.2, -0.15) is 10.4 Å². The fraction of sp³-hybridized carbons (Fsp3) is 0.486. The van der Waals surface area contributed by atoms with Gasteiger partial charge in [0.1, 0.15) is 30.2 Å². The molecule has 3 N–H and O–H groups in total. The molecule has 1 aromatic carbocycles. The summed E-state index contributed by atoms with van der Waals surface area (Å²) in [5.41, 5.74) is 3.64. The molecular weight excluding hydrogens is 622 g/mol. The maximum absolute atomic E-state index is 9.60. The molecule has 0 amide bonds. The van der Waals surface area contributed by atoms with Crippen molar-refractivity contribution in [2.24, 2.45) is 7.05 Å². The van der Waals surface area contributed by atoms with Crippen LogP contribution in [0.5, 0.6) is 11.6 Å². The number of aryl methyl sites for hydroxylation is 1. The Morgan fingerprint density at radius 1 is 1.08 bits per heavy atom. The number of benzene rings is 1. The molecule has 4 aromatic rings. The van der Waals surface area contributed by atoms with E-state index >= 15 is 0 Å². The van der Waals surface area contributed by atoms with Gasteiger partial charge in [0, 0.05) is 50.3 Å². The molecule has 1 aliphatic carbocycles. The molecular formula is C35H45N11O3. The van der Waals surface area contributed by atoms with Gasteiger partial charge in [-0.05, 0) is 70.2 Å². The van der Waals surface area contributed by atoms with Crippen molar-refractivity contribution >= 4 is 18.0 Å². The first kappa shape index (κ1) is 33.9. The second-order valence-corrected chi connectivity index (χ2v) is 13.0. The summed E-state index contributed by atoms with van der Waals surface area (Å²) >= 11 is 0. The van der Waals surface area contributed by atoms with Gasteiger partial charge in [0.15, 0.2) is 0 Å². The average Bonchev–Trinajstić information content (AvgIpc) is 3.71. The second-order valence-electron chi connectivity index (χ2n) is 13.0. The van der Waals surface area contributed by atoms with E-state index in [9.17, 15) is 5.26 Å². The van der Waals surface area contributed by atoms with Gasteiger partial charge in [-0.25, -0.2) is 9.97 Å². The number of anilines is 2. The van der Waals surface area contributed by atoms with Crippen molar-refractivity contribution in [3.8, 4) is 28.8 Å². The maximum atomic E-state index is 9.60. The summed E-state index contributed by atoms with van der Waals surface area (Å²) in [5, 5.41) is 32.1. The molecule has 1 saturated heterocycles. The molecule has 1 saturated carbocycles. The van der Waals surface area contributed by atoms with Crippen molar-refractivity contribution in [2.75, 3.05) is 25.0 Å². The highest BCUT2D eigenvalue weighted by atomic mass is 16.5. The van der Waals surface area contributed by atoms with E-state index in [1.807, 2.05) is 43.0 Å². The number of hydrogen-bond donors (Lipinski definition) is 3. The Kier molecular flexibility index (Phi) is 10.7. The Bertz CT molecular complexity index is 1730.